The van der Waals surface area contributed by atoms with Gasteiger partial charge in [0.1, 0.15) is 0 Å². The molecule has 1 aliphatic carbocycles. The molecule has 0 aromatic heterocycles. The molecule has 2 unspecified atom stereocenters. The highest BCUT2D eigenvalue weighted by atomic mass is 16.6. The second kappa shape index (κ2) is 5.90. The molecule has 108 valence electrons. The van der Waals surface area contributed by atoms with E-state index in [1.54, 1.807) is 19.1 Å². The summed E-state index contributed by atoms with van der Waals surface area (Å²) in [6.07, 6.45) is 3.04. The van der Waals surface area contributed by atoms with E-state index in [2.05, 4.69) is 5.32 Å². The number of anilines is 1. The van der Waals surface area contributed by atoms with Gasteiger partial charge in [0.25, 0.3) is 5.69 Å². The number of hydrogen-bond donors (Lipinski definition) is 2. The van der Waals surface area contributed by atoms with Crippen LogP contribution in [0.3, 0.4) is 0 Å². The average Bonchev–Trinajstić information content (AvgIpc) is 2.41. The third-order valence-electron chi connectivity index (χ3n) is 3.88. The molecule has 20 heavy (non-hydrogen) atoms. The van der Waals surface area contributed by atoms with Crippen LogP contribution in [0.25, 0.3) is 0 Å². The first-order chi connectivity index (χ1) is 9.49. The van der Waals surface area contributed by atoms with Crippen LogP contribution in [0.2, 0.25) is 0 Å². The molecular weight excluding hydrogens is 260 g/mol. The van der Waals surface area contributed by atoms with Crippen molar-refractivity contribution in [2.75, 3.05) is 5.32 Å². The summed E-state index contributed by atoms with van der Waals surface area (Å²) >= 11 is 0. The summed E-state index contributed by atoms with van der Waals surface area (Å²) in [5, 5.41) is 23.2. The Morgan fingerprint density at radius 1 is 1.45 bits per heavy atom. The van der Waals surface area contributed by atoms with Crippen LogP contribution in [-0.4, -0.2) is 22.0 Å². The third kappa shape index (κ3) is 3.07. The highest BCUT2D eigenvalue weighted by Crippen LogP contribution is 2.30. The lowest BCUT2D eigenvalue weighted by atomic mass is 9.85. The molecule has 0 amide bonds. The zero-order valence-electron chi connectivity index (χ0n) is 11.3. The van der Waals surface area contributed by atoms with E-state index in [1.807, 2.05) is 0 Å². The van der Waals surface area contributed by atoms with Gasteiger partial charge in [-0.2, -0.15) is 0 Å². The highest BCUT2D eigenvalue weighted by molar-refractivity contribution is 5.70. The molecule has 0 bridgehead atoms. The van der Waals surface area contributed by atoms with Gasteiger partial charge < -0.3 is 10.4 Å². The molecule has 0 heterocycles. The maximum atomic E-state index is 11.0. The van der Waals surface area contributed by atoms with Crippen LogP contribution in [-0.2, 0) is 4.79 Å². The summed E-state index contributed by atoms with van der Waals surface area (Å²) in [7, 11) is 0. The Morgan fingerprint density at radius 3 is 2.85 bits per heavy atom. The van der Waals surface area contributed by atoms with Crippen LogP contribution in [0.4, 0.5) is 11.4 Å². The van der Waals surface area contributed by atoms with Crippen molar-refractivity contribution in [3.05, 3.63) is 33.9 Å². The third-order valence-corrected chi connectivity index (χ3v) is 3.88. The Labute approximate surface area is 117 Å². The van der Waals surface area contributed by atoms with Crippen molar-refractivity contribution < 1.29 is 14.8 Å². The van der Waals surface area contributed by atoms with Gasteiger partial charge in [0.15, 0.2) is 0 Å². The van der Waals surface area contributed by atoms with E-state index in [0.717, 1.165) is 18.5 Å². The van der Waals surface area contributed by atoms with E-state index in [1.165, 1.54) is 6.07 Å². The molecule has 1 aromatic carbocycles. The summed E-state index contributed by atoms with van der Waals surface area (Å²) in [4.78, 5) is 21.6. The molecule has 0 aliphatic heterocycles. The van der Waals surface area contributed by atoms with E-state index in [0.29, 0.717) is 18.4 Å². The minimum Gasteiger partial charge on any atom is -0.481 e. The van der Waals surface area contributed by atoms with Gasteiger partial charge in [0.2, 0.25) is 0 Å². The predicted molar refractivity (Wildman–Crippen MR) is 74.8 cm³/mol. The van der Waals surface area contributed by atoms with Crippen LogP contribution in [0, 0.1) is 23.0 Å². The number of aliphatic carboxylic acids is 1. The Balaban J connectivity index is 2.12. The summed E-state index contributed by atoms with van der Waals surface area (Å²) in [5.41, 5.74) is 1.39. The van der Waals surface area contributed by atoms with Gasteiger partial charge in [0, 0.05) is 23.4 Å². The summed E-state index contributed by atoms with van der Waals surface area (Å²) in [6, 6.07) is 4.98. The SMILES string of the molecule is Cc1c(NC2CCCC(C(=O)O)C2)cccc1[N+](=O)[O-]. The number of nitro benzene ring substituents is 1. The number of rotatable bonds is 4. The van der Waals surface area contributed by atoms with Crippen molar-refractivity contribution >= 4 is 17.3 Å². The van der Waals surface area contributed by atoms with Crippen LogP contribution >= 0.6 is 0 Å². The number of nitrogens with one attached hydrogen (secondary N) is 1. The second-order valence-corrected chi connectivity index (χ2v) is 5.25. The molecule has 0 saturated heterocycles. The fraction of sp³-hybridized carbons (Fsp3) is 0.500. The minimum absolute atomic E-state index is 0.0607. The highest BCUT2D eigenvalue weighted by Gasteiger charge is 2.27. The van der Waals surface area contributed by atoms with Gasteiger partial charge in [-0.25, -0.2) is 0 Å². The Kier molecular flexibility index (Phi) is 4.22. The van der Waals surface area contributed by atoms with E-state index in [4.69, 9.17) is 5.11 Å². The Hall–Kier alpha value is -2.11. The topological polar surface area (TPSA) is 92.5 Å². The molecule has 2 atom stereocenters. The van der Waals surface area contributed by atoms with Gasteiger partial charge in [-0.1, -0.05) is 12.5 Å². The first-order valence-electron chi connectivity index (χ1n) is 6.72. The number of carbonyl (C=O) groups is 1. The first kappa shape index (κ1) is 14.3. The van der Waals surface area contributed by atoms with Gasteiger partial charge in [-0.3, -0.25) is 14.9 Å². The monoisotopic (exact) mass is 278 g/mol. The lowest BCUT2D eigenvalue weighted by Gasteiger charge is -2.28. The lowest BCUT2D eigenvalue weighted by Crippen LogP contribution is -2.31. The normalized spacial score (nSPS) is 22.2. The molecule has 6 heteroatoms. The molecule has 1 fully saturated rings. The van der Waals surface area contributed by atoms with E-state index < -0.39 is 10.9 Å². The molecule has 1 saturated carbocycles. The minimum atomic E-state index is -0.757. The molecule has 2 N–H and O–H groups in total. The van der Waals surface area contributed by atoms with Crippen molar-refractivity contribution in [2.45, 2.75) is 38.6 Å². The molecule has 0 radical (unpaired) electrons. The van der Waals surface area contributed by atoms with E-state index in [-0.39, 0.29) is 17.6 Å². The zero-order chi connectivity index (χ0) is 14.7. The summed E-state index contributed by atoms with van der Waals surface area (Å²) in [5.74, 6) is -1.08. The zero-order valence-corrected chi connectivity index (χ0v) is 11.3. The van der Waals surface area contributed by atoms with E-state index >= 15 is 0 Å². The lowest BCUT2D eigenvalue weighted by molar-refractivity contribution is -0.385. The largest absolute Gasteiger partial charge is 0.481 e. The number of nitrogens with zero attached hydrogens (tertiary/aromatic N) is 1. The van der Waals surface area contributed by atoms with Crippen LogP contribution in [0.15, 0.2) is 18.2 Å². The maximum absolute atomic E-state index is 11.0. The quantitative estimate of drug-likeness (QED) is 0.652. The van der Waals surface area contributed by atoms with Crippen LogP contribution in [0.1, 0.15) is 31.2 Å². The summed E-state index contributed by atoms with van der Waals surface area (Å²) < 4.78 is 0. The van der Waals surface area contributed by atoms with Crippen molar-refractivity contribution in [1.82, 2.24) is 0 Å². The van der Waals surface area contributed by atoms with Crippen LogP contribution < -0.4 is 5.32 Å². The molecule has 0 spiro atoms. The van der Waals surface area contributed by atoms with Gasteiger partial charge >= 0.3 is 5.97 Å². The molecule has 6 nitrogen and oxygen atoms in total. The fourth-order valence-corrected chi connectivity index (χ4v) is 2.74. The maximum Gasteiger partial charge on any atom is 0.306 e. The van der Waals surface area contributed by atoms with Crippen molar-refractivity contribution in [3.63, 3.8) is 0 Å². The van der Waals surface area contributed by atoms with Crippen molar-refractivity contribution in [1.29, 1.82) is 0 Å². The van der Waals surface area contributed by atoms with Crippen molar-refractivity contribution in [2.24, 2.45) is 5.92 Å². The standard InChI is InChI=1S/C14H18N2O4/c1-9-12(6-3-7-13(9)16(19)20)15-11-5-2-4-10(8-11)14(17)18/h3,6-7,10-11,15H,2,4-5,8H2,1H3,(H,17,18). The van der Waals surface area contributed by atoms with Crippen molar-refractivity contribution in [3.8, 4) is 0 Å². The second-order valence-electron chi connectivity index (χ2n) is 5.25. The number of carboxylic acid groups (broad SMARTS) is 1. The smallest absolute Gasteiger partial charge is 0.306 e. The Morgan fingerprint density at radius 2 is 2.20 bits per heavy atom. The van der Waals surface area contributed by atoms with Crippen LogP contribution in [0.5, 0.6) is 0 Å². The number of hydrogen-bond acceptors (Lipinski definition) is 4. The van der Waals surface area contributed by atoms with Gasteiger partial charge in [0.05, 0.1) is 10.8 Å². The molecule has 1 aromatic rings. The number of nitro groups is 1. The molecule has 2 rings (SSSR count). The predicted octanol–water partition coefficient (Wildman–Crippen LogP) is 2.96. The number of benzene rings is 1. The number of carboxylic acids is 1. The van der Waals surface area contributed by atoms with E-state index in [9.17, 15) is 14.9 Å². The van der Waals surface area contributed by atoms with Gasteiger partial charge in [-0.05, 0) is 32.3 Å². The summed E-state index contributed by atoms with van der Waals surface area (Å²) in [6.45, 7) is 1.71. The molecular formula is C14H18N2O4. The molecule has 1 aliphatic rings. The average molecular weight is 278 g/mol. The Bertz CT molecular complexity index is 530. The fourth-order valence-electron chi connectivity index (χ4n) is 2.74. The van der Waals surface area contributed by atoms with Gasteiger partial charge in [-0.15, -0.1) is 0 Å². The first-order valence-corrected chi connectivity index (χ1v) is 6.72.